The van der Waals surface area contributed by atoms with E-state index in [1.807, 2.05) is 42.5 Å². The van der Waals surface area contributed by atoms with E-state index < -0.39 is 0 Å². The van der Waals surface area contributed by atoms with Crippen LogP contribution in [0, 0.1) is 0 Å². The molecule has 0 unspecified atom stereocenters. The van der Waals surface area contributed by atoms with Crippen molar-refractivity contribution < 1.29 is 26.4 Å². The Hall–Kier alpha value is -2.68. The Balaban J connectivity index is 0.00000176. The standard InChI is InChI=1S/C17H12NO3.ClH/c1-20-13-7-8-14(15(10-13)18-11-19)17-9-6-12-4-2-3-5-16(12)21-17;/h2-10H,1H3;1H/q+1;/p-1. The summed E-state index contributed by atoms with van der Waals surface area (Å²) in [6.07, 6.45) is 1.56. The van der Waals surface area contributed by atoms with Gasteiger partial charge in [-0.3, -0.25) is 0 Å². The molecular formula is C17H12ClNO3. The Bertz CT molecular complexity index is 857. The zero-order chi connectivity index (χ0) is 14.7. The molecule has 0 aliphatic rings. The van der Waals surface area contributed by atoms with Gasteiger partial charge in [0, 0.05) is 18.2 Å². The van der Waals surface area contributed by atoms with Crippen LogP contribution in [-0.2, 0) is 4.79 Å². The lowest BCUT2D eigenvalue weighted by Crippen LogP contribution is -3.00. The van der Waals surface area contributed by atoms with Crippen LogP contribution in [0.5, 0.6) is 5.75 Å². The summed E-state index contributed by atoms with van der Waals surface area (Å²) in [6, 6.07) is 16.8. The fourth-order valence-electron chi connectivity index (χ4n) is 2.16. The predicted molar refractivity (Wildman–Crippen MR) is 80.4 cm³/mol. The van der Waals surface area contributed by atoms with E-state index in [1.165, 1.54) is 0 Å². The smallest absolute Gasteiger partial charge is 0.363 e. The number of para-hydroxylation sites is 1. The van der Waals surface area contributed by atoms with Gasteiger partial charge in [-0.2, -0.15) is 4.99 Å². The van der Waals surface area contributed by atoms with Gasteiger partial charge in [-0.1, -0.05) is 12.1 Å². The number of methoxy groups -OCH3 is 1. The summed E-state index contributed by atoms with van der Waals surface area (Å²) >= 11 is 0. The maximum atomic E-state index is 10.6. The monoisotopic (exact) mass is 313 g/mol. The van der Waals surface area contributed by atoms with Gasteiger partial charge in [-0.25, -0.2) is 9.21 Å². The molecule has 3 aromatic rings. The summed E-state index contributed by atoms with van der Waals surface area (Å²) in [6.45, 7) is 0. The van der Waals surface area contributed by atoms with Crippen LogP contribution in [0.4, 0.5) is 5.69 Å². The molecule has 0 spiro atoms. The first-order valence-corrected chi connectivity index (χ1v) is 6.40. The number of nitrogens with zero attached hydrogens (tertiary/aromatic N) is 1. The number of aliphatic imine (C=N–C) groups is 1. The molecule has 0 radical (unpaired) electrons. The van der Waals surface area contributed by atoms with Gasteiger partial charge in [0.25, 0.3) is 0 Å². The van der Waals surface area contributed by atoms with Crippen molar-refractivity contribution in [3.63, 3.8) is 0 Å². The van der Waals surface area contributed by atoms with Crippen LogP contribution in [0.1, 0.15) is 0 Å². The first kappa shape index (κ1) is 15.7. The third-order valence-corrected chi connectivity index (χ3v) is 3.19. The molecule has 2 aromatic carbocycles. The van der Waals surface area contributed by atoms with E-state index >= 15 is 0 Å². The Morgan fingerprint density at radius 2 is 1.91 bits per heavy atom. The van der Waals surface area contributed by atoms with E-state index in [2.05, 4.69) is 4.99 Å². The SMILES string of the molecule is COc1ccc(-c2ccc3ccccc3[o+]2)c(N=C=O)c1.[Cl-]. The van der Waals surface area contributed by atoms with Crippen molar-refractivity contribution in [2.24, 2.45) is 4.99 Å². The van der Waals surface area contributed by atoms with Crippen LogP contribution < -0.4 is 17.1 Å². The molecule has 0 atom stereocenters. The summed E-state index contributed by atoms with van der Waals surface area (Å²) in [5.74, 6) is 1.25. The average molecular weight is 314 g/mol. The summed E-state index contributed by atoms with van der Waals surface area (Å²) in [5, 5.41) is 1.01. The molecule has 22 heavy (non-hydrogen) atoms. The van der Waals surface area contributed by atoms with Gasteiger partial charge in [0.05, 0.1) is 18.2 Å². The third-order valence-electron chi connectivity index (χ3n) is 3.19. The summed E-state index contributed by atoms with van der Waals surface area (Å²) in [7, 11) is 1.56. The Morgan fingerprint density at radius 3 is 2.68 bits per heavy atom. The molecule has 0 fully saturated rings. The highest BCUT2D eigenvalue weighted by Gasteiger charge is 2.18. The minimum atomic E-state index is 0. The summed E-state index contributed by atoms with van der Waals surface area (Å²) in [5.41, 5.74) is 1.94. The quantitative estimate of drug-likeness (QED) is 0.417. The highest BCUT2D eigenvalue weighted by atomic mass is 35.5. The molecule has 110 valence electrons. The lowest BCUT2D eigenvalue weighted by Gasteiger charge is -2.02. The van der Waals surface area contributed by atoms with Crippen molar-refractivity contribution in [1.29, 1.82) is 0 Å². The third kappa shape index (κ3) is 2.98. The van der Waals surface area contributed by atoms with Crippen LogP contribution in [0.25, 0.3) is 22.3 Å². The van der Waals surface area contributed by atoms with E-state index in [0.717, 1.165) is 11.0 Å². The second-order valence-corrected chi connectivity index (χ2v) is 4.42. The van der Waals surface area contributed by atoms with Gasteiger partial charge in [-0.15, -0.1) is 0 Å². The maximum Gasteiger partial charge on any atom is 0.363 e. The van der Waals surface area contributed by atoms with E-state index in [0.29, 0.717) is 22.8 Å². The van der Waals surface area contributed by atoms with E-state index in [9.17, 15) is 4.79 Å². The van der Waals surface area contributed by atoms with E-state index in [1.54, 1.807) is 25.3 Å². The Morgan fingerprint density at radius 1 is 1.09 bits per heavy atom. The molecule has 0 bridgehead atoms. The number of hydrogen-bond donors (Lipinski definition) is 0. The molecule has 0 saturated carbocycles. The minimum absolute atomic E-state index is 0. The first-order valence-electron chi connectivity index (χ1n) is 6.40. The second-order valence-electron chi connectivity index (χ2n) is 4.42. The Kier molecular flexibility index (Phi) is 4.89. The highest BCUT2D eigenvalue weighted by Crippen LogP contribution is 2.34. The molecule has 0 amide bonds. The van der Waals surface area contributed by atoms with Gasteiger partial charge >= 0.3 is 11.3 Å². The summed E-state index contributed by atoms with van der Waals surface area (Å²) < 4.78 is 11.0. The van der Waals surface area contributed by atoms with Crippen LogP contribution in [0.3, 0.4) is 0 Å². The molecule has 0 N–H and O–H groups in total. The zero-order valence-electron chi connectivity index (χ0n) is 11.7. The fraction of sp³-hybridized carbons (Fsp3) is 0.0588. The lowest BCUT2D eigenvalue weighted by molar-refractivity contribution is -0.00000610. The van der Waals surface area contributed by atoms with E-state index in [-0.39, 0.29) is 12.4 Å². The molecule has 0 aliphatic carbocycles. The molecule has 5 heteroatoms. The number of fused-ring (bicyclic) bond motifs is 1. The van der Waals surface area contributed by atoms with Crippen molar-refractivity contribution in [2.45, 2.75) is 0 Å². The van der Waals surface area contributed by atoms with Crippen LogP contribution in [-0.4, -0.2) is 13.2 Å². The molecule has 3 rings (SSSR count). The van der Waals surface area contributed by atoms with Crippen molar-refractivity contribution in [3.05, 3.63) is 54.6 Å². The van der Waals surface area contributed by atoms with Crippen molar-refractivity contribution in [1.82, 2.24) is 0 Å². The molecule has 0 saturated heterocycles. The minimum Gasteiger partial charge on any atom is -1.00 e. The normalized spacial score (nSPS) is 9.68. The van der Waals surface area contributed by atoms with Crippen molar-refractivity contribution >= 4 is 22.7 Å². The Labute approximate surface area is 133 Å². The van der Waals surface area contributed by atoms with Gasteiger partial charge in [-0.05, 0) is 24.3 Å². The molecule has 1 heterocycles. The van der Waals surface area contributed by atoms with Gasteiger partial charge in [0.1, 0.15) is 11.3 Å². The summed E-state index contributed by atoms with van der Waals surface area (Å²) in [4.78, 5) is 14.3. The first-order chi connectivity index (χ1) is 10.3. The van der Waals surface area contributed by atoms with Crippen LogP contribution >= 0.6 is 0 Å². The number of carbonyl (C=O) groups excluding carboxylic acids is 1. The maximum absolute atomic E-state index is 10.6. The fourth-order valence-corrected chi connectivity index (χ4v) is 2.16. The van der Waals surface area contributed by atoms with E-state index in [4.69, 9.17) is 9.15 Å². The number of halogens is 1. The average Bonchev–Trinajstić information content (AvgIpc) is 2.54. The largest absolute Gasteiger partial charge is 1.00 e. The van der Waals surface area contributed by atoms with Crippen LogP contribution in [0.15, 0.2) is 64.0 Å². The lowest BCUT2D eigenvalue weighted by atomic mass is 10.1. The number of rotatable bonds is 3. The topological polar surface area (TPSA) is 50.0 Å². The van der Waals surface area contributed by atoms with Gasteiger partial charge in [0.15, 0.2) is 0 Å². The molecule has 4 nitrogen and oxygen atoms in total. The predicted octanol–water partition coefficient (Wildman–Crippen LogP) is 1.36. The van der Waals surface area contributed by atoms with Crippen molar-refractivity contribution in [3.8, 4) is 17.1 Å². The van der Waals surface area contributed by atoms with Crippen LogP contribution in [0.2, 0.25) is 0 Å². The van der Waals surface area contributed by atoms with Gasteiger partial charge < -0.3 is 17.1 Å². The van der Waals surface area contributed by atoms with Gasteiger partial charge in [0.2, 0.25) is 6.08 Å². The molecule has 0 aliphatic heterocycles. The number of ether oxygens (including phenoxy) is 1. The van der Waals surface area contributed by atoms with Crippen molar-refractivity contribution in [2.75, 3.05) is 7.11 Å². The molecular weight excluding hydrogens is 302 g/mol. The number of benzene rings is 2. The zero-order valence-corrected chi connectivity index (χ0v) is 12.5. The highest BCUT2D eigenvalue weighted by molar-refractivity contribution is 5.81. The number of isocyanates is 1. The second kappa shape index (κ2) is 6.85. The molecule has 1 aromatic heterocycles. The number of hydrogen-bond acceptors (Lipinski definition) is 3.